The molecule has 3 aromatic carbocycles. The molecule has 0 bridgehead atoms. The van der Waals surface area contributed by atoms with Crippen molar-refractivity contribution in [1.82, 2.24) is 0 Å². The zero-order valence-corrected chi connectivity index (χ0v) is 14.9. The number of phenolic OH excluding ortho intramolecular Hbond substituents is 1. The molecule has 0 amide bonds. The molecule has 1 heterocycles. The summed E-state index contributed by atoms with van der Waals surface area (Å²) in [7, 11) is 0. The van der Waals surface area contributed by atoms with Crippen LogP contribution in [0, 0.1) is 5.92 Å². The number of nitrogens with one attached hydrogen (secondary N) is 1. The molecule has 27 heavy (non-hydrogen) atoms. The van der Waals surface area contributed by atoms with Crippen LogP contribution in [0.5, 0.6) is 17.2 Å². The van der Waals surface area contributed by atoms with Gasteiger partial charge in [0, 0.05) is 17.2 Å². The van der Waals surface area contributed by atoms with E-state index in [1.807, 2.05) is 54.6 Å². The van der Waals surface area contributed by atoms with E-state index in [-0.39, 0.29) is 6.04 Å². The van der Waals surface area contributed by atoms with E-state index in [0.717, 1.165) is 29.2 Å². The van der Waals surface area contributed by atoms with Crippen molar-refractivity contribution in [2.24, 2.45) is 5.92 Å². The van der Waals surface area contributed by atoms with Crippen LogP contribution in [-0.2, 0) is 0 Å². The molecule has 3 heteroatoms. The van der Waals surface area contributed by atoms with Crippen LogP contribution >= 0.6 is 0 Å². The van der Waals surface area contributed by atoms with Crippen LogP contribution in [0.3, 0.4) is 0 Å². The maximum Gasteiger partial charge on any atom is 0.127 e. The highest BCUT2D eigenvalue weighted by molar-refractivity contribution is 5.62. The highest BCUT2D eigenvalue weighted by atomic mass is 16.5. The Bertz CT molecular complexity index is 996. The third-order valence-electron chi connectivity index (χ3n) is 5.58. The summed E-state index contributed by atoms with van der Waals surface area (Å²) in [6.45, 7) is 0. The van der Waals surface area contributed by atoms with E-state index in [2.05, 4.69) is 29.6 Å². The molecule has 3 nitrogen and oxygen atoms in total. The first-order chi connectivity index (χ1) is 13.3. The van der Waals surface area contributed by atoms with Gasteiger partial charge in [-0.3, -0.25) is 0 Å². The Kier molecular flexibility index (Phi) is 3.86. The number of rotatable bonds is 3. The standard InChI is InChI=1S/C24H21NO2/c26-23-12-5-4-9-20(23)24-19-11-6-10-18(19)21-15-17(13-14-22(21)25-24)27-16-7-2-1-3-8-16/h1-10,12-15,18-19,24-26H,11H2. The van der Waals surface area contributed by atoms with Crippen molar-refractivity contribution in [3.8, 4) is 17.2 Å². The van der Waals surface area contributed by atoms with Gasteiger partial charge in [-0.05, 0) is 54.3 Å². The highest BCUT2D eigenvalue weighted by Gasteiger charge is 2.38. The summed E-state index contributed by atoms with van der Waals surface area (Å²) in [6, 6.07) is 23.8. The molecule has 134 valence electrons. The lowest BCUT2D eigenvalue weighted by Gasteiger charge is -2.37. The van der Waals surface area contributed by atoms with E-state index in [1.165, 1.54) is 5.56 Å². The van der Waals surface area contributed by atoms with Gasteiger partial charge >= 0.3 is 0 Å². The molecule has 3 atom stereocenters. The van der Waals surface area contributed by atoms with Gasteiger partial charge in [-0.2, -0.15) is 0 Å². The third kappa shape index (κ3) is 2.85. The summed E-state index contributed by atoms with van der Waals surface area (Å²) in [6.07, 6.45) is 5.55. The van der Waals surface area contributed by atoms with Crippen LogP contribution in [0.4, 0.5) is 5.69 Å². The third-order valence-corrected chi connectivity index (χ3v) is 5.58. The largest absolute Gasteiger partial charge is 0.508 e. The molecule has 0 aromatic heterocycles. The lowest BCUT2D eigenvalue weighted by atomic mass is 9.77. The number of aromatic hydroxyl groups is 1. The van der Waals surface area contributed by atoms with Gasteiger partial charge in [0.05, 0.1) is 6.04 Å². The fraction of sp³-hybridized carbons (Fsp3) is 0.167. The Morgan fingerprint density at radius 2 is 1.67 bits per heavy atom. The zero-order chi connectivity index (χ0) is 18.2. The molecule has 0 radical (unpaired) electrons. The number of phenols is 1. The van der Waals surface area contributed by atoms with Crippen LogP contribution in [-0.4, -0.2) is 5.11 Å². The quantitative estimate of drug-likeness (QED) is 0.565. The zero-order valence-electron chi connectivity index (χ0n) is 14.9. The van der Waals surface area contributed by atoms with E-state index in [1.54, 1.807) is 6.07 Å². The smallest absolute Gasteiger partial charge is 0.127 e. The van der Waals surface area contributed by atoms with E-state index in [0.29, 0.717) is 17.6 Å². The van der Waals surface area contributed by atoms with E-state index >= 15 is 0 Å². The number of anilines is 1. The van der Waals surface area contributed by atoms with Crippen molar-refractivity contribution >= 4 is 5.69 Å². The minimum absolute atomic E-state index is 0.0968. The van der Waals surface area contributed by atoms with Crippen molar-refractivity contribution in [1.29, 1.82) is 0 Å². The monoisotopic (exact) mass is 355 g/mol. The molecule has 3 aromatic rings. The van der Waals surface area contributed by atoms with E-state index < -0.39 is 0 Å². The van der Waals surface area contributed by atoms with Gasteiger partial charge in [-0.1, -0.05) is 48.6 Å². The summed E-state index contributed by atoms with van der Waals surface area (Å²) in [5, 5.41) is 14.0. The molecule has 0 fully saturated rings. The Hall–Kier alpha value is -3.20. The van der Waals surface area contributed by atoms with Gasteiger partial charge in [0.1, 0.15) is 17.2 Å². The lowest BCUT2D eigenvalue weighted by molar-refractivity contribution is 0.401. The van der Waals surface area contributed by atoms with Crippen LogP contribution in [0.15, 0.2) is 84.9 Å². The number of allylic oxidation sites excluding steroid dienone is 2. The van der Waals surface area contributed by atoms with Crippen molar-refractivity contribution in [3.05, 3.63) is 96.1 Å². The molecule has 0 saturated carbocycles. The van der Waals surface area contributed by atoms with Crippen molar-refractivity contribution in [2.75, 3.05) is 5.32 Å². The molecule has 3 unspecified atom stereocenters. The summed E-state index contributed by atoms with van der Waals surface area (Å²) in [4.78, 5) is 0. The molecule has 2 aliphatic rings. The molecular weight excluding hydrogens is 334 g/mol. The summed E-state index contributed by atoms with van der Waals surface area (Å²) >= 11 is 0. The predicted octanol–water partition coefficient (Wildman–Crippen LogP) is 6.01. The topological polar surface area (TPSA) is 41.5 Å². The van der Waals surface area contributed by atoms with Crippen LogP contribution < -0.4 is 10.1 Å². The average molecular weight is 355 g/mol. The van der Waals surface area contributed by atoms with Crippen LogP contribution in [0.1, 0.15) is 29.5 Å². The number of ether oxygens (including phenoxy) is 1. The maximum atomic E-state index is 10.4. The maximum absolute atomic E-state index is 10.4. The summed E-state index contributed by atoms with van der Waals surface area (Å²) < 4.78 is 6.03. The predicted molar refractivity (Wildman–Crippen MR) is 107 cm³/mol. The number of benzene rings is 3. The second-order valence-corrected chi connectivity index (χ2v) is 7.20. The molecule has 1 aliphatic carbocycles. The molecular formula is C24H21NO2. The number of hydrogen-bond acceptors (Lipinski definition) is 3. The molecule has 2 N–H and O–H groups in total. The normalized spacial score (nSPS) is 22.6. The van der Waals surface area contributed by atoms with E-state index in [9.17, 15) is 5.11 Å². The van der Waals surface area contributed by atoms with Gasteiger partial charge < -0.3 is 15.2 Å². The van der Waals surface area contributed by atoms with Gasteiger partial charge in [-0.15, -0.1) is 0 Å². The summed E-state index contributed by atoms with van der Waals surface area (Å²) in [5.74, 6) is 2.75. The first-order valence-electron chi connectivity index (χ1n) is 9.37. The lowest BCUT2D eigenvalue weighted by Crippen LogP contribution is -2.29. The first-order valence-corrected chi connectivity index (χ1v) is 9.37. The Labute approximate surface area is 158 Å². The van der Waals surface area contributed by atoms with Crippen LogP contribution in [0.25, 0.3) is 0 Å². The van der Waals surface area contributed by atoms with Gasteiger partial charge in [0.15, 0.2) is 0 Å². The average Bonchev–Trinajstić information content (AvgIpc) is 3.19. The minimum atomic E-state index is 0.0968. The number of hydrogen-bond donors (Lipinski definition) is 2. The molecule has 1 aliphatic heterocycles. The SMILES string of the molecule is Oc1ccccc1C1Nc2ccc(Oc3ccccc3)cc2C2C=CCC21. The van der Waals surface area contributed by atoms with Crippen LogP contribution in [0.2, 0.25) is 0 Å². The fourth-order valence-electron chi connectivity index (χ4n) is 4.32. The molecule has 0 saturated heterocycles. The van der Waals surface area contributed by atoms with Gasteiger partial charge in [-0.25, -0.2) is 0 Å². The number of para-hydroxylation sites is 2. The molecule has 0 spiro atoms. The Morgan fingerprint density at radius 3 is 2.52 bits per heavy atom. The first kappa shape index (κ1) is 16.0. The minimum Gasteiger partial charge on any atom is -0.508 e. The molecule has 5 rings (SSSR count). The van der Waals surface area contributed by atoms with Gasteiger partial charge in [0.25, 0.3) is 0 Å². The van der Waals surface area contributed by atoms with Crippen molar-refractivity contribution in [3.63, 3.8) is 0 Å². The second-order valence-electron chi connectivity index (χ2n) is 7.20. The highest BCUT2D eigenvalue weighted by Crippen LogP contribution is 2.51. The summed E-state index contributed by atoms with van der Waals surface area (Å²) in [5.41, 5.74) is 3.33. The second kappa shape index (κ2) is 6.51. The van der Waals surface area contributed by atoms with E-state index in [4.69, 9.17) is 4.74 Å². The Morgan fingerprint density at radius 1 is 0.852 bits per heavy atom. The van der Waals surface area contributed by atoms with Gasteiger partial charge in [0.2, 0.25) is 0 Å². The number of fused-ring (bicyclic) bond motifs is 3. The van der Waals surface area contributed by atoms with Crippen molar-refractivity contribution < 1.29 is 9.84 Å². The fourth-order valence-corrected chi connectivity index (χ4v) is 4.32. The van der Waals surface area contributed by atoms with Crippen molar-refractivity contribution in [2.45, 2.75) is 18.4 Å². The Balaban J connectivity index is 1.51.